The molecule has 142 valence electrons. The van der Waals surface area contributed by atoms with Gasteiger partial charge >= 0.3 is 11.9 Å². The fraction of sp³-hybridized carbons (Fsp3) is 0.188. The first-order valence-electron chi connectivity index (χ1n) is 7.39. The van der Waals surface area contributed by atoms with Gasteiger partial charge in [0.1, 0.15) is 27.6 Å². The van der Waals surface area contributed by atoms with E-state index in [9.17, 15) is 19.5 Å². The zero-order valence-electron chi connectivity index (χ0n) is 14.3. The number of aromatic nitrogens is 2. The van der Waals surface area contributed by atoms with Crippen molar-refractivity contribution in [1.29, 1.82) is 0 Å². The van der Waals surface area contributed by atoms with Crippen molar-refractivity contribution >= 4 is 46.7 Å². The van der Waals surface area contributed by atoms with Crippen LogP contribution in [0.5, 0.6) is 5.88 Å². The van der Waals surface area contributed by atoms with Gasteiger partial charge in [0, 0.05) is 6.21 Å². The molecule has 0 unspecified atom stereocenters. The van der Waals surface area contributed by atoms with Crippen LogP contribution in [0, 0.1) is 11.7 Å². The number of aromatic hydroxyl groups is 1. The van der Waals surface area contributed by atoms with E-state index < -0.39 is 23.4 Å². The Bertz CT molecular complexity index is 1050. The quantitative estimate of drug-likeness (QED) is 0.289. The Balaban J connectivity index is 2.54. The van der Waals surface area contributed by atoms with E-state index in [2.05, 4.69) is 21.5 Å². The average molecular weight is 409 g/mol. The number of carbonyl (C=O) groups is 2. The first-order valence-corrected chi connectivity index (χ1v) is 8.62. The Morgan fingerprint density at radius 1 is 1.37 bits per heavy atom. The lowest BCUT2D eigenvalue weighted by Crippen LogP contribution is -2.13. The maximum atomic E-state index is 12.1. The van der Waals surface area contributed by atoms with Gasteiger partial charge in [0.15, 0.2) is 4.77 Å². The van der Waals surface area contributed by atoms with Crippen LogP contribution >= 0.6 is 23.6 Å². The number of ether oxygens (including phenoxy) is 2. The molecule has 2 aromatic rings. The van der Waals surface area contributed by atoms with Crippen LogP contribution in [-0.2, 0) is 9.47 Å². The molecule has 27 heavy (non-hydrogen) atoms. The number of aromatic amines is 2. The summed E-state index contributed by atoms with van der Waals surface area (Å²) < 4.78 is 9.68. The summed E-state index contributed by atoms with van der Waals surface area (Å²) in [5.74, 6) is -1.83. The number of rotatable bonds is 6. The van der Waals surface area contributed by atoms with E-state index in [1.807, 2.05) is 0 Å². The maximum absolute atomic E-state index is 12.1. The second kappa shape index (κ2) is 8.56. The number of thiophene rings is 1. The Labute approximate surface area is 162 Å². The first kappa shape index (κ1) is 20.3. The van der Waals surface area contributed by atoms with Gasteiger partial charge in [0.2, 0.25) is 5.88 Å². The molecule has 0 atom stereocenters. The monoisotopic (exact) mass is 409 g/mol. The number of hydrogen-bond acceptors (Lipinski definition) is 9. The highest BCUT2D eigenvalue weighted by molar-refractivity contribution is 7.71. The molecule has 0 spiro atoms. The molecule has 0 aromatic carbocycles. The molecule has 9 nitrogen and oxygen atoms in total. The molecule has 3 N–H and O–H groups in total. The molecule has 0 aliphatic carbocycles. The van der Waals surface area contributed by atoms with Crippen molar-refractivity contribution in [3.8, 4) is 5.88 Å². The predicted molar refractivity (Wildman–Crippen MR) is 102 cm³/mol. The zero-order chi connectivity index (χ0) is 20.1. The minimum absolute atomic E-state index is 0.00877. The normalized spacial score (nSPS) is 10.7. The summed E-state index contributed by atoms with van der Waals surface area (Å²) in [6, 6.07) is 0. The minimum Gasteiger partial charge on any atom is -0.494 e. The van der Waals surface area contributed by atoms with Crippen molar-refractivity contribution in [3.05, 3.63) is 49.3 Å². The van der Waals surface area contributed by atoms with Crippen molar-refractivity contribution in [2.75, 3.05) is 13.7 Å². The van der Waals surface area contributed by atoms with E-state index in [1.54, 1.807) is 6.92 Å². The number of nitrogens with zero attached hydrogens (tertiary/aromatic N) is 1. The van der Waals surface area contributed by atoms with Gasteiger partial charge in [-0.2, -0.15) is 0 Å². The molecule has 0 bridgehead atoms. The SMILES string of the molecule is C=CCOC(=O)c1sc(N=Cc2c(O)[nH]c(=S)[nH]c2=O)c(C(=O)OC)c1C. The van der Waals surface area contributed by atoms with Gasteiger partial charge in [0.25, 0.3) is 5.56 Å². The van der Waals surface area contributed by atoms with Gasteiger partial charge in [-0.3, -0.25) is 9.78 Å². The molecule has 2 aromatic heterocycles. The van der Waals surface area contributed by atoms with Gasteiger partial charge in [-0.05, 0) is 24.7 Å². The fourth-order valence-corrected chi connectivity index (χ4v) is 3.28. The molecule has 2 rings (SSSR count). The van der Waals surface area contributed by atoms with E-state index in [0.29, 0.717) is 5.56 Å². The Morgan fingerprint density at radius 2 is 2.07 bits per heavy atom. The van der Waals surface area contributed by atoms with Gasteiger partial charge in [0.05, 0.1) is 7.11 Å². The van der Waals surface area contributed by atoms with Crippen LogP contribution in [0.25, 0.3) is 0 Å². The lowest BCUT2D eigenvalue weighted by atomic mass is 10.1. The highest BCUT2D eigenvalue weighted by atomic mass is 32.1. The molecule has 0 saturated carbocycles. The summed E-state index contributed by atoms with van der Waals surface area (Å²) in [5, 5.41) is 9.93. The summed E-state index contributed by atoms with van der Waals surface area (Å²) in [7, 11) is 1.19. The van der Waals surface area contributed by atoms with E-state index in [4.69, 9.17) is 21.7 Å². The molecule has 0 radical (unpaired) electrons. The predicted octanol–water partition coefficient (Wildman–Crippen LogP) is 2.39. The number of carbonyl (C=O) groups excluding carboxylic acids is 2. The highest BCUT2D eigenvalue weighted by Crippen LogP contribution is 2.36. The van der Waals surface area contributed by atoms with Crippen LogP contribution in [0.2, 0.25) is 0 Å². The Hall–Kier alpha value is -3.05. The number of nitrogens with one attached hydrogen (secondary N) is 2. The highest BCUT2D eigenvalue weighted by Gasteiger charge is 2.25. The molecule has 11 heteroatoms. The second-order valence-corrected chi connectivity index (χ2v) is 6.45. The van der Waals surface area contributed by atoms with E-state index >= 15 is 0 Å². The van der Waals surface area contributed by atoms with E-state index in [0.717, 1.165) is 17.6 Å². The first-order chi connectivity index (χ1) is 12.8. The molecular formula is C16H15N3O6S2. The topological polar surface area (TPSA) is 134 Å². The molecule has 0 aliphatic heterocycles. The number of methoxy groups -OCH3 is 1. The van der Waals surface area contributed by atoms with Crippen LogP contribution in [0.1, 0.15) is 31.2 Å². The van der Waals surface area contributed by atoms with Crippen LogP contribution in [0.3, 0.4) is 0 Å². The molecule has 0 amide bonds. The Morgan fingerprint density at radius 3 is 2.67 bits per heavy atom. The molecule has 0 saturated heterocycles. The van der Waals surface area contributed by atoms with Gasteiger partial charge in [-0.25, -0.2) is 14.6 Å². The van der Waals surface area contributed by atoms with Crippen molar-refractivity contribution in [2.45, 2.75) is 6.92 Å². The van der Waals surface area contributed by atoms with Gasteiger partial charge in [-0.1, -0.05) is 12.7 Å². The number of esters is 2. The third-order valence-electron chi connectivity index (χ3n) is 3.31. The summed E-state index contributed by atoms with van der Waals surface area (Å²) in [6.45, 7) is 5.02. The van der Waals surface area contributed by atoms with Crippen molar-refractivity contribution in [2.24, 2.45) is 4.99 Å². The molecule has 2 heterocycles. The van der Waals surface area contributed by atoms with Crippen LogP contribution < -0.4 is 5.56 Å². The van der Waals surface area contributed by atoms with Crippen LogP contribution in [0.4, 0.5) is 5.00 Å². The van der Waals surface area contributed by atoms with Gasteiger partial charge < -0.3 is 19.6 Å². The standard InChI is InChI=1S/C16H15N3O6S2/c1-4-5-25-15(23)10-7(2)9(14(22)24-3)13(27-10)17-6-8-11(20)18-16(26)19-12(8)21/h4,6H,1,5H2,2-3H3,(H3,18,19,20,21,26). The maximum Gasteiger partial charge on any atom is 0.348 e. The number of aliphatic imine (C=N–C) groups is 1. The lowest BCUT2D eigenvalue weighted by molar-refractivity contribution is 0.0554. The third-order valence-corrected chi connectivity index (χ3v) is 4.69. The van der Waals surface area contributed by atoms with Crippen LogP contribution in [-0.4, -0.2) is 46.9 Å². The fourth-order valence-electron chi connectivity index (χ4n) is 2.05. The van der Waals surface area contributed by atoms with E-state index in [-0.39, 0.29) is 32.4 Å². The molecule has 0 aliphatic rings. The van der Waals surface area contributed by atoms with Crippen molar-refractivity contribution < 1.29 is 24.2 Å². The molecule has 0 fully saturated rings. The largest absolute Gasteiger partial charge is 0.494 e. The Kier molecular flexibility index (Phi) is 6.42. The van der Waals surface area contributed by atoms with Crippen molar-refractivity contribution in [3.63, 3.8) is 0 Å². The number of hydrogen-bond donors (Lipinski definition) is 3. The smallest absolute Gasteiger partial charge is 0.348 e. The van der Waals surface area contributed by atoms with Gasteiger partial charge in [-0.15, -0.1) is 11.3 Å². The zero-order valence-corrected chi connectivity index (χ0v) is 16.0. The summed E-state index contributed by atoms with van der Waals surface area (Å²) in [5.41, 5.74) is -0.470. The summed E-state index contributed by atoms with van der Waals surface area (Å²) in [4.78, 5) is 45.0. The van der Waals surface area contributed by atoms with E-state index in [1.165, 1.54) is 13.2 Å². The summed E-state index contributed by atoms with van der Waals surface area (Å²) in [6.07, 6.45) is 2.46. The molecular weight excluding hydrogens is 394 g/mol. The number of H-pyrrole nitrogens is 2. The summed E-state index contributed by atoms with van der Waals surface area (Å²) >= 11 is 5.64. The van der Waals surface area contributed by atoms with Crippen LogP contribution in [0.15, 0.2) is 22.4 Å². The average Bonchev–Trinajstić information content (AvgIpc) is 2.94. The third kappa shape index (κ3) is 4.38. The van der Waals surface area contributed by atoms with Crippen molar-refractivity contribution in [1.82, 2.24) is 9.97 Å². The lowest BCUT2D eigenvalue weighted by Gasteiger charge is -2.01. The minimum atomic E-state index is -0.704. The second-order valence-electron chi connectivity index (χ2n) is 5.04.